The van der Waals surface area contributed by atoms with Gasteiger partial charge in [-0.1, -0.05) is 0 Å². The van der Waals surface area contributed by atoms with E-state index < -0.39 is 10.0 Å². The molecule has 8 heteroatoms. The highest BCUT2D eigenvalue weighted by molar-refractivity contribution is 7.89. The largest absolute Gasteiger partial charge is 0.322 e. The lowest BCUT2D eigenvalue weighted by molar-refractivity contribution is 0.102. The summed E-state index contributed by atoms with van der Waals surface area (Å²) in [6.45, 7) is 1.74. The third kappa shape index (κ3) is 3.11. The first-order chi connectivity index (χ1) is 9.82. The zero-order valence-corrected chi connectivity index (χ0v) is 12.7. The van der Waals surface area contributed by atoms with Gasteiger partial charge in [0.1, 0.15) is 0 Å². The Labute approximate surface area is 123 Å². The molecule has 0 radical (unpaired) electrons. The van der Waals surface area contributed by atoms with Crippen LogP contribution in [0.2, 0.25) is 0 Å². The van der Waals surface area contributed by atoms with Gasteiger partial charge in [-0.2, -0.15) is 5.10 Å². The normalized spacial score (nSPS) is 11.6. The maximum atomic E-state index is 12.0. The second-order valence-corrected chi connectivity index (χ2v) is 6.83. The number of amides is 1. The fraction of sp³-hybridized carbons (Fsp3) is 0.231. The van der Waals surface area contributed by atoms with Crippen molar-refractivity contribution in [2.45, 2.75) is 11.8 Å². The average Bonchev–Trinajstić information content (AvgIpc) is 2.85. The Morgan fingerprint density at radius 1 is 1.24 bits per heavy atom. The molecule has 0 unspecified atom stereocenters. The van der Waals surface area contributed by atoms with Crippen LogP contribution in [0.25, 0.3) is 0 Å². The minimum Gasteiger partial charge on any atom is -0.322 e. The van der Waals surface area contributed by atoms with E-state index in [1.165, 1.54) is 32.4 Å². The lowest BCUT2D eigenvalue weighted by Gasteiger charge is -2.11. The lowest BCUT2D eigenvalue weighted by atomic mass is 10.2. The van der Waals surface area contributed by atoms with E-state index in [4.69, 9.17) is 0 Å². The highest BCUT2D eigenvalue weighted by Gasteiger charge is 2.17. The first-order valence-corrected chi connectivity index (χ1v) is 7.60. The number of rotatable bonds is 4. The van der Waals surface area contributed by atoms with Crippen LogP contribution in [-0.2, 0) is 10.0 Å². The van der Waals surface area contributed by atoms with Crippen molar-refractivity contribution in [3.8, 4) is 0 Å². The van der Waals surface area contributed by atoms with Crippen LogP contribution in [0.15, 0.2) is 35.4 Å². The maximum Gasteiger partial charge on any atom is 0.259 e. The molecular formula is C13H16N4O3S. The van der Waals surface area contributed by atoms with Gasteiger partial charge in [-0.05, 0) is 31.2 Å². The number of H-pyrrole nitrogens is 1. The third-order valence-electron chi connectivity index (χ3n) is 2.97. The SMILES string of the molecule is Cc1[nH]ncc1C(=O)Nc1ccc(S(=O)(=O)N(C)C)cc1. The predicted molar refractivity (Wildman–Crippen MR) is 78.6 cm³/mol. The molecule has 2 N–H and O–H groups in total. The fourth-order valence-corrected chi connectivity index (χ4v) is 2.60. The Bertz CT molecular complexity index is 748. The molecule has 0 saturated carbocycles. The summed E-state index contributed by atoms with van der Waals surface area (Å²) in [5, 5.41) is 9.15. The monoisotopic (exact) mass is 308 g/mol. The van der Waals surface area contributed by atoms with Crippen LogP contribution in [0.4, 0.5) is 5.69 Å². The quantitative estimate of drug-likeness (QED) is 0.888. The van der Waals surface area contributed by atoms with Crippen molar-refractivity contribution in [2.24, 2.45) is 0 Å². The summed E-state index contributed by atoms with van der Waals surface area (Å²) in [7, 11) is -0.536. The molecule has 1 aromatic carbocycles. The Morgan fingerprint density at radius 3 is 2.33 bits per heavy atom. The number of aromatic nitrogens is 2. The van der Waals surface area contributed by atoms with Gasteiger partial charge >= 0.3 is 0 Å². The van der Waals surface area contributed by atoms with Crippen LogP contribution in [0.5, 0.6) is 0 Å². The number of carbonyl (C=O) groups is 1. The third-order valence-corrected chi connectivity index (χ3v) is 4.79. The minimum absolute atomic E-state index is 0.171. The first-order valence-electron chi connectivity index (χ1n) is 6.16. The number of hydrogen-bond donors (Lipinski definition) is 2. The van der Waals surface area contributed by atoms with E-state index in [1.807, 2.05) is 0 Å². The van der Waals surface area contributed by atoms with Gasteiger partial charge in [0.25, 0.3) is 5.91 Å². The standard InChI is InChI=1S/C13H16N4O3S/c1-9-12(8-14-16-9)13(18)15-10-4-6-11(7-5-10)21(19,20)17(2)3/h4-8H,1-3H3,(H,14,16)(H,15,18). The molecular weight excluding hydrogens is 292 g/mol. The molecule has 2 rings (SSSR count). The van der Waals surface area contributed by atoms with Gasteiger partial charge in [0.05, 0.1) is 16.7 Å². The molecule has 0 bridgehead atoms. The highest BCUT2D eigenvalue weighted by atomic mass is 32.2. The molecule has 0 aliphatic heterocycles. The molecule has 1 amide bonds. The van der Waals surface area contributed by atoms with E-state index in [2.05, 4.69) is 15.5 Å². The zero-order valence-electron chi connectivity index (χ0n) is 11.9. The Balaban J connectivity index is 2.17. The van der Waals surface area contributed by atoms with Crippen LogP contribution in [-0.4, -0.2) is 42.9 Å². The molecule has 0 saturated heterocycles. The summed E-state index contributed by atoms with van der Waals surface area (Å²) >= 11 is 0. The number of aryl methyl sites for hydroxylation is 1. The van der Waals surface area contributed by atoms with Gasteiger partial charge < -0.3 is 5.32 Å². The molecule has 112 valence electrons. The summed E-state index contributed by atoms with van der Waals surface area (Å²) in [5.41, 5.74) is 1.62. The number of nitrogens with one attached hydrogen (secondary N) is 2. The molecule has 0 fully saturated rings. The second kappa shape index (κ2) is 5.66. The highest BCUT2D eigenvalue weighted by Crippen LogP contribution is 2.17. The second-order valence-electron chi connectivity index (χ2n) is 4.67. The minimum atomic E-state index is -3.47. The lowest BCUT2D eigenvalue weighted by Crippen LogP contribution is -2.22. The van der Waals surface area contributed by atoms with Crippen molar-refractivity contribution in [2.75, 3.05) is 19.4 Å². The van der Waals surface area contributed by atoms with E-state index in [1.54, 1.807) is 19.1 Å². The van der Waals surface area contributed by atoms with E-state index in [0.717, 1.165) is 4.31 Å². The summed E-state index contributed by atoms with van der Waals surface area (Å²) < 4.78 is 25.0. The molecule has 1 heterocycles. The molecule has 2 aromatic rings. The van der Waals surface area contributed by atoms with Gasteiger partial charge in [0.2, 0.25) is 10.0 Å². The average molecular weight is 308 g/mol. The van der Waals surface area contributed by atoms with Gasteiger partial charge in [0, 0.05) is 25.5 Å². The molecule has 21 heavy (non-hydrogen) atoms. The van der Waals surface area contributed by atoms with Gasteiger partial charge in [-0.15, -0.1) is 0 Å². The van der Waals surface area contributed by atoms with Crippen molar-refractivity contribution in [3.05, 3.63) is 41.7 Å². The summed E-state index contributed by atoms with van der Waals surface area (Å²) in [4.78, 5) is 12.2. The molecule has 1 aromatic heterocycles. The molecule has 0 aliphatic carbocycles. The van der Waals surface area contributed by atoms with Crippen LogP contribution in [0.3, 0.4) is 0 Å². The summed E-state index contributed by atoms with van der Waals surface area (Å²) in [6, 6.07) is 5.99. The van der Waals surface area contributed by atoms with E-state index in [0.29, 0.717) is 16.9 Å². The van der Waals surface area contributed by atoms with E-state index >= 15 is 0 Å². The first kappa shape index (κ1) is 15.2. The smallest absolute Gasteiger partial charge is 0.259 e. The number of sulfonamides is 1. The molecule has 0 aliphatic rings. The van der Waals surface area contributed by atoms with Crippen molar-refractivity contribution in [1.82, 2.24) is 14.5 Å². The summed E-state index contributed by atoms with van der Waals surface area (Å²) in [6.07, 6.45) is 1.44. The molecule has 0 spiro atoms. The van der Waals surface area contributed by atoms with Crippen LogP contribution in [0, 0.1) is 6.92 Å². The van der Waals surface area contributed by atoms with Gasteiger partial charge in [0.15, 0.2) is 0 Å². The number of hydrogen-bond acceptors (Lipinski definition) is 4. The topological polar surface area (TPSA) is 95.2 Å². The predicted octanol–water partition coefficient (Wildman–Crippen LogP) is 1.22. The van der Waals surface area contributed by atoms with Gasteiger partial charge in [-0.3, -0.25) is 9.89 Å². The number of aromatic amines is 1. The van der Waals surface area contributed by atoms with Crippen LogP contribution in [0.1, 0.15) is 16.1 Å². The van der Waals surface area contributed by atoms with E-state index in [9.17, 15) is 13.2 Å². The maximum absolute atomic E-state index is 12.0. The van der Waals surface area contributed by atoms with Crippen molar-refractivity contribution in [1.29, 1.82) is 0 Å². The van der Waals surface area contributed by atoms with Crippen LogP contribution < -0.4 is 5.32 Å². The molecule has 0 atom stereocenters. The number of carbonyl (C=O) groups excluding carboxylic acids is 1. The van der Waals surface area contributed by atoms with Crippen molar-refractivity contribution < 1.29 is 13.2 Å². The number of anilines is 1. The fourth-order valence-electron chi connectivity index (χ4n) is 1.70. The van der Waals surface area contributed by atoms with Gasteiger partial charge in [-0.25, -0.2) is 12.7 Å². The Hall–Kier alpha value is -2.19. The summed E-state index contributed by atoms with van der Waals surface area (Å²) in [5.74, 6) is -0.301. The Kier molecular flexibility index (Phi) is 4.10. The number of benzene rings is 1. The van der Waals surface area contributed by atoms with Crippen molar-refractivity contribution >= 4 is 21.6 Å². The van der Waals surface area contributed by atoms with Crippen LogP contribution >= 0.6 is 0 Å². The van der Waals surface area contributed by atoms with E-state index in [-0.39, 0.29) is 10.8 Å². The zero-order chi connectivity index (χ0) is 15.6. The Morgan fingerprint density at radius 2 is 1.86 bits per heavy atom. The number of nitrogens with zero attached hydrogens (tertiary/aromatic N) is 2. The van der Waals surface area contributed by atoms with Crippen molar-refractivity contribution in [3.63, 3.8) is 0 Å². The molecule has 7 nitrogen and oxygen atoms in total.